The first-order valence-corrected chi connectivity index (χ1v) is 12.6. The Morgan fingerprint density at radius 3 is 2.89 bits per heavy atom. The lowest BCUT2D eigenvalue weighted by Gasteiger charge is -2.21. The van der Waals surface area contributed by atoms with Gasteiger partial charge in [-0.3, -0.25) is 14.8 Å². The molecule has 14 heteroatoms. The van der Waals surface area contributed by atoms with Gasteiger partial charge < -0.3 is 10.6 Å². The lowest BCUT2D eigenvalue weighted by molar-refractivity contribution is -0.117. The molecule has 5 aromatic rings. The molecule has 1 amide bonds. The van der Waals surface area contributed by atoms with E-state index in [2.05, 4.69) is 51.5 Å². The molecule has 1 aliphatic rings. The summed E-state index contributed by atoms with van der Waals surface area (Å²) in [5.74, 6) is 1.90. The van der Waals surface area contributed by atoms with Gasteiger partial charge in [-0.05, 0) is 74.5 Å². The van der Waals surface area contributed by atoms with Crippen molar-refractivity contribution >= 4 is 40.5 Å². The maximum Gasteiger partial charge on any atom is 0.238 e. The van der Waals surface area contributed by atoms with Gasteiger partial charge in [-0.2, -0.15) is 10.3 Å². The second-order valence-electron chi connectivity index (χ2n) is 8.72. The van der Waals surface area contributed by atoms with E-state index >= 15 is 0 Å². The Hall–Kier alpha value is -4.30. The highest BCUT2D eigenvalue weighted by Gasteiger charge is 2.30. The van der Waals surface area contributed by atoms with Crippen molar-refractivity contribution in [2.45, 2.75) is 35.9 Å². The number of fused-ring (bicyclic) bond motifs is 1. The number of aromatic nitrogens is 9. The van der Waals surface area contributed by atoms with E-state index in [1.165, 1.54) is 11.8 Å². The Balaban J connectivity index is 1.11. The van der Waals surface area contributed by atoms with E-state index in [4.69, 9.17) is 4.98 Å². The topological polar surface area (TPSA) is 158 Å². The van der Waals surface area contributed by atoms with Gasteiger partial charge >= 0.3 is 0 Å². The van der Waals surface area contributed by atoms with Gasteiger partial charge in [0, 0.05) is 28.5 Å². The standard InChI is InChI=1S/C23H24N12OS/c1-14-12-19(28-27-14)25-21-18-5-3-11-35(18)31-23(26-21)37-16-8-6-15(7-9-16)24-20(36)13-34-10-2-4-17(34)22-29-32-33-30-22/h3,5-9,11-12,17H,2,4,10,13H2,1H3,(H,24,36)(H,29,30,32,33)(H2,25,26,27,28,31). The number of aromatic amines is 2. The van der Waals surface area contributed by atoms with Gasteiger partial charge in [0.15, 0.2) is 17.5 Å². The summed E-state index contributed by atoms with van der Waals surface area (Å²) < 4.78 is 1.78. The molecule has 1 fully saturated rings. The molecule has 1 aromatic carbocycles. The van der Waals surface area contributed by atoms with E-state index < -0.39 is 0 Å². The van der Waals surface area contributed by atoms with Crippen LogP contribution >= 0.6 is 11.8 Å². The van der Waals surface area contributed by atoms with Crippen LogP contribution in [0.1, 0.15) is 30.4 Å². The molecule has 1 unspecified atom stereocenters. The molecule has 4 aromatic heterocycles. The number of hydrogen-bond donors (Lipinski definition) is 4. The largest absolute Gasteiger partial charge is 0.325 e. The third-order valence-corrected chi connectivity index (χ3v) is 6.90. The van der Waals surface area contributed by atoms with Gasteiger partial charge in [0.05, 0.1) is 12.6 Å². The molecule has 188 valence electrons. The van der Waals surface area contributed by atoms with Crippen molar-refractivity contribution in [2.75, 3.05) is 23.7 Å². The summed E-state index contributed by atoms with van der Waals surface area (Å²) >= 11 is 1.43. The van der Waals surface area contributed by atoms with Gasteiger partial charge in [-0.15, -0.1) is 15.3 Å². The van der Waals surface area contributed by atoms with Crippen LogP contribution in [0.2, 0.25) is 0 Å². The zero-order valence-corrected chi connectivity index (χ0v) is 20.7. The molecule has 1 atom stereocenters. The van der Waals surface area contributed by atoms with Gasteiger partial charge in [0.1, 0.15) is 5.52 Å². The van der Waals surface area contributed by atoms with E-state index in [0.717, 1.165) is 41.2 Å². The first-order chi connectivity index (χ1) is 18.1. The van der Waals surface area contributed by atoms with Crippen molar-refractivity contribution in [1.82, 2.24) is 50.3 Å². The number of hydrogen-bond acceptors (Lipinski definition) is 10. The minimum absolute atomic E-state index is 0.0114. The molecule has 0 radical (unpaired) electrons. The third kappa shape index (κ3) is 5.15. The summed E-state index contributed by atoms with van der Waals surface area (Å²) in [6, 6.07) is 13.4. The Kier molecular flexibility index (Phi) is 6.24. The summed E-state index contributed by atoms with van der Waals surface area (Å²) in [7, 11) is 0. The molecular formula is C23H24N12OS. The molecule has 0 saturated carbocycles. The number of nitrogens with zero attached hydrogens (tertiary/aromatic N) is 8. The maximum atomic E-state index is 12.7. The SMILES string of the molecule is Cc1cc(Nc2nc(Sc3ccc(NC(=O)CN4CCCC4c4nn[nH]n4)cc3)nn3cccc23)n[nH]1. The lowest BCUT2D eigenvalue weighted by Crippen LogP contribution is -2.33. The number of carbonyl (C=O) groups is 1. The predicted octanol–water partition coefficient (Wildman–Crippen LogP) is 2.94. The van der Waals surface area contributed by atoms with Crippen molar-refractivity contribution in [3.8, 4) is 0 Å². The minimum Gasteiger partial charge on any atom is -0.325 e. The number of likely N-dealkylation sites (tertiary alicyclic amines) is 1. The summed E-state index contributed by atoms with van der Waals surface area (Å²) in [4.78, 5) is 20.4. The number of nitrogens with one attached hydrogen (secondary N) is 4. The number of benzene rings is 1. The van der Waals surface area contributed by atoms with Gasteiger partial charge in [-0.1, -0.05) is 5.21 Å². The zero-order valence-electron chi connectivity index (χ0n) is 19.9. The van der Waals surface area contributed by atoms with Crippen LogP contribution in [0.3, 0.4) is 0 Å². The van der Waals surface area contributed by atoms with Crippen LogP contribution in [0.25, 0.3) is 5.52 Å². The summed E-state index contributed by atoms with van der Waals surface area (Å²) in [5.41, 5.74) is 2.53. The van der Waals surface area contributed by atoms with Crippen LogP contribution < -0.4 is 10.6 Å². The molecule has 1 saturated heterocycles. The summed E-state index contributed by atoms with van der Waals surface area (Å²) in [5, 5.41) is 32.9. The minimum atomic E-state index is -0.0819. The van der Waals surface area contributed by atoms with E-state index in [9.17, 15) is 4.79 Å². The number of amides is 1. The van der Waals surface area contributed by atoms with Crippen LogP contribution in [0.5, 0.6) is 0 Å². The Morgan fingerprint density at radius 2 is 2.11 bits per heavy atom. The number of aryl methyl sites for hydroxylation is 1. The molecule has 5 heterocycles. The maximum absolute atomic E-state index is 12.7. The normalized spacial score (nSPS) is 15.9. The molecule has 6 rings (SSSR count). The van der Waals surface area contributed by atoms with E-state index in [1.54, 1.807) is 4.52 Å². The van der Waals surface area contributed by atoms with Crippen LogP contribution in [-0.4, -0.2) is 69.3 Å². The molecule has 0 aliphatic carbocycles. The molecule has 13 nitrogen and oxygen atoms in total. The highest BCUT2D eigenvalue weighted by molar-refractivity contribution is 7.99. The van der Waals surface area contributed by atoms with Crippen molar-refractivity contribution in [3.63, 3.8) is 0 Å². The second-order valence-corrected chi connectivity index (χ2v) is 9.76. The fourth-order valence-electron chi connectivity index (χ4n) is 4.37. The first kappa shape index (κ1) is 23.1. The van der Waals surface area contributed by atoms with Crippen LogP contribution in [-0.2, 0) is 4.79 Å². The average Bonchev–Trinajstić information content (AvgIpc) is 3.68. The zero-order chi connectivity index (χ0) is 25.2. The van der Waals surface area contributed by atoms with E-state index in [-0.39, 0.29) is 18.5 Å². The molecule has 4 N–H and O–H groups in total. The highest BCUT2D eigenvalue weighted by Crippen LogP contribution is 2.30. The van der Waals surface area contributed by atoms with Gasteiger partial charge in [-0.25, -0.2) is 9.50 Å². The number of carbonyl (C=O) groups excluding carboxylic acids is 1. The third-order valence-electron chi connectivity index (χ3n) is 6.04. The fourth-order valence-corrected chi connectivity index (χ4v) is 5.12. The average molecular weight is 517 g/mol. The molecular weight excluding hydrogens is 492 g/mol. The summed E-state index contributed by atoms with van der Waals surface area (Å²) in [6.45, 7) is 3.04. The Morgan fingerprint density at radius 1 is 1.22 bits per heavy atom. The Bertz CT molecular complexity index is 1510. The van der Waals surface area contributed by atoms with Crippen LogP contribution in [0, 0.1) is 6.92 Å². The van der Waals surface area contributed by atoms with Gasteiger partial charge in [0.25, 0.3) is 0 Å². The molecule has 0 bridgehead atoms. The predicted molar refractivity (Wildman–Crippen MR) is 137 cm³/mol. The molecule has 0 spiro atoms. The van der Waals surface area contributed by atoms with Crippen molar-refractivity contribution < 1.29 is 4.79 Å². The first-order valence-electron chi connectivity index (χ1n) is 11.8. The Labute approximate surface area is 215 Å². The summed E-state index contributed by atoms with van der Waals surface area (Å²) in [6.07, 6.45) is 3.78. The molecule has 1 aliphatic heterocycles. The highest BCUT2D eigenvalue weighted by atomic mass is 32.2. The smallest absolute Gasteiger partial charge is 0.238 e. The number of tetrazole rings is 1. The van der Waals surface area contributed by atoms with E-state index in [1.807, 2.05) is 55.6 Å². The quantitative estimate of drug-likeness (QED) is 0.242. The van der Waals surface area contributed by atoms with E-state index in [0.29, 0.717) is 22.6 Å². The fraction of sp³-hybridized carbons (Fsp3) is 0.261. The van der Waals surface area contributed by atoms with Crippen molar-refractivity contribution in [3.05, 3.63) is 60.2 Å². The monoisotopic (exact) mass is 516 g/mol. The number of H-pyrrole nitrogens is 2. The number of anilines is 3. The van der Waals surface area contributed by atoms with Crippen molar-refractivity contribution in [1.29, 1.82) is 0 Å². The van der Waals surface area contributed by atoms with Crippen molar-refractivity contribution in [2.24, 2.45) is 0 Å². The molecule has 37 heavy (non-hydrogen) atoms. The number of rotatable bonds is 8. The lowest BCUT2D eigenvalue weighted by atomic mass is 10.2. The van der Waals surface area contributed by atoms with Crippen LogP contribution in [0.15, 0.2) is 58.7 Å². The van der Waals surface area contributed by atoms with Crippen LogP contribution in [0.4, 0.5) is 17.3 Å². The van der Waals surface area contributed by atoms with Gasteiger partial charge in [0.2, 0.25) is 11.1 Å². The second kappa shape index (κ2) is 9.99.